The van der Waals surface area contributed by atoms with Crippen LogP contribution >= 0.6 is 0 Å². The molecule has 2 amide bonds. The van der Waals surface area contributed by atoms with Gasteiger partial charge in [-0.25, -0.2) is 4.79 Å². The van der Waals surface area contributed by atoms with Gasteiger partial charge >= 0.3 is 5.97 Å². The number of para-hydroxylation sites is 2. The Morgan fingerprint density at radius 2 is 1.65 bits per heavy atom. The number of nitrogens with zero attached hydrogens (tertiary/aromatic N) is 1. The van der Waals surface area contributed by atoms with Crippen molar-refractivity contribution in [1.82, 2.24) is 0 Å². The summed E-state index contributed by atoms with van der Waals surface area (Å²) in [6.07, 6.45) is 0. The monoisotopic (exact) mass is 356 g/mol. The third-order valence-electron chi connectivity index (χ3n) is 3.66. The summed E-state index contributed by atoms with van der Waals surface area (Å²) in [5.41, 5.74) is 1.38. The summed E-state index contributed by atoms with van der Waals surface area (Å²) in [5.74, 6) is -0.620. The maximum Gasteiger partial charge on any atom is 0.337 e. The fraction of sp³-hybridized carbons (Fsp3) is 0.211. The van der Waals surface area contributed by atoms with Crippen LogP contribution in [0, 0.1) is 0 Å². The van der Waals surface area contributed by atoms with Crippen LogP contribution in [0.1, 0.15) is 17.3 Å². The molecule has 0 heterocycles. The van der Waals surface area contributed by atoms with Crippen LogP contribution in [0.15, 0.2) is 48.5 Å². The first-order valence-corrected chi connectivity index (χ1v) is 7.85. The predicted octanol–water partition coefficient (Wildman–Crippen LogP) is 2.47. The van der Waals surface area contributed by atoms with E-state index in [4.69, 9.17) is 4.74 Å². The van der Waals surface area contributed by atoms with Gasteiger partial charge in [0.25, 0.3) is 0 Å². The number of ether oxygens (including phenoxy) is 2. The Labute approximate surface area is 151 Å². The fourth-order valence-electron chi connectivity index (χ4n) is 2.36. The van der Waals surface area contributed by atoms with E-state index >= 15 is 0 Å². The van der Waals surface area contributed by atoms with Gasteiger partial charge in [-0.15, -0.1) is 0 Å². The van der Waals surface area contributed by atoms with Gasteiger partial charge in [-0.05, 0) is 36.4 Å². The van der Waals surface area contributed by atoms with Gasteiger partial charge in [-0.1, -0.05) is 12.1 Å². The molecule has 0 saturated carbocycles. The van der Waals surface area contributed by atoms with E-state index in [0.29, 0.717) is 22.7 Å². The van der Waals surface area contributed by atoms with Crippen LogP contribution in [-0.2, 0) is 14.3 Å². The molecular weight excluding hydrogens is 336 g/mol. The second kappa shape index (κ2) is 8.66. The van der Waals surface area contributed by atoms with Crippen LogP contribution in [0.4, 0.5) is 11.4 Å². The van der Waals surface area contributed by atoms with Gasteiger partial charge in [-0.3, -0.25) is 9.59 Å². The molecule has 0 radical (unpaired) electrons. The average molecular weight is 356 g/mol. The Morgan fingerprint density at radius 1 is 1.00 bits per heavy atom. The van der Waals surface area contributed by atoms with Crippen molar-refractivity contribution in [3.05, 3.63) is 54.1 Å². The Balaban J connectivity index is 2.14. The standard InChI is InChI=1S/C19H20N2O5/c1-13(22)21(15-10-8-14(9-11-15)19(24)26-3)12-18(23)20-16-6-4-5-7-17(16)25-2/h4-11H,12H2,1-3H3,(H,20,23). The lowest BCUT2D eigenvalue weighted by Gasteiger charge is -2.21. The van der Waals surface area contributed by atoms with Crippen LogP contribution in [0.3, 0.4) is 0 Å². The van der Waals surface area contributed by atoms with Crippen LogP contribution in [0.2, 0.25) is 0 Å². The topological polar surface area (TPSA) is 84.9 Å². The van der Waals surface area contributed by atoms with Gasteiger partial charge in [-0.2, -0.15) is 0 Å². The Hall–Kier alpha value is -3.35. The first kappa shape index (κ1) is 19.0. The zero-order valence-corrected chi connectivity index (χ0v) is 14.8. The number of hydrogen-bond acceptors (Lipinski definition) is 5. The fourth-order valence-corrected chi connectivity index (χ4v) is 2.36. The number of rotatable bonds is 6. The molecular formula is C19H20N2O5. The van der Waals surface area contributed by atoms with E-state index in [1.165, 1.54) is 38.2 Å². The molecule has 2 aromatic carbocycles. The molecule has 0 aliphatic carbocycles. The molecule has 0 aromatic heterocycles. The van der Waals surface area contributed by atoms with Crippen molar-refractivity contribution in [3.8, 4) is 5.75 Å². The summed E-state index contributed by atoms with van der Waals surface area (Å²) in [4.78, 5) is 37.1. The number of esters is 1. The molecule has 0 aliphatic heterocycles. The molecule has 1 N–H and O–H groups in total. The Bertz CT molecular complexity index is 802. The highest BCUT2D eigenvalue weighted by Crippen LogP contribution is 2.23. The van der Waals surface area contributed by atoms with Gasteiger partial charge in [0.15, 0.2) is 0 Å². The number of amides is 2. The van der Waals surface area contributed by atoms with Crippen LogP contribution < -0.4 is 15.0 Å². The van der Waals surface area contributed by atoms with Crippen LogP contribution in [0.5, 0.6) is 5.75 Å². The SMILES string of the molecule is COC(=O)c1ccc(N(CC(=O)Nc2ccccc2OC)C(C)=O)cc1. The number of carbonyl (C=O) groups excluding carboxylic acids is 3. The molecule has 0 aliphatic rings. The molecule has 7 heteroatoms. The van der Waals surface area contributed by atoms with Crippen molar-refractivity contribution >= 4 is 29.2 Å². The normalized spacial score (nSPS) is 9.96. The van der Waals surface area contributed by atoms with E-state index in [-0.39, 0.29) is 18.4 Å². The summed E-state index contributed by atoms with van der Waals surface area (Å²) in [7, 11) is 2.80. The molecule has 0 unspecified atom stereocenters. The molecule has 0 saturated heterocycles. The lowest BCUT2D eigenvalue weighted by Crippen LogP contribution is -2.36. The third-order valence-corrected chi connectivity index (χ3v) is 3.66. The highest BCUT2D eigenvalue weighted by molar-refractivity contribution is 6.02. The van der Waals surface area contributed by atoms with E-state index in [1.807, 2.05) is 0 Å². The summed E-state index contributed by atoms with van der Waals surface area (Å²) < 4.78 is 9.83. The molecule has 7 nitrogen and oxygen atoms in total. The molecule has 0 spiro atoms. The smallest absolute Gasteiger partial charge is 0.337 e. The Morgan fingerprint density at radius 3 is 2.23 bits per heavy atom. The number of carbonyl (C=O) groups is 3. The molecule has 2 rings (SSSR count). The number of hydrogen-bond donors (Lipinski definition) is 1. The molecule has 0 atom stereocenters. The second-order valence-electron chi connectivity index (χ2n) is 5.39. The summed E-state index contributed by atoms with van der Waals surface area (Å²) in [6.45, 7) is 1.19. The minimum absolute atomic E-state index is 0.176. The summed E-state index contributed by atoms with van der Waals surface area (Å²) >= 11 is 0. The number of benzene rings is 2. The van der Waals surface area contributed by atoms with Crippen LogP contribution in [-0.4, -0.2) is 38.5 Å². The van der Waals surface area contributed by atoms with Crippen molar-refractivity contribution in [2.75, 3.05) is 31.0 Å². The number of anilines is 2. The molecule has 26 heavy (non-hydrogen) atoms. The van der Waals surface area contributed by atoms with Crippen molar-refractivity contribution in [1.29, 1.82) is 0 Å². The minimum Gasteiger partial charge on any atom is -0.495 e. The van der Waals surface area contributed by atoms with Gasteiger partial charge in [0.1, 0.15) is 12.3 Å². The van der Waals surface area contributed by atoms with Crippen molar-refractivity contribution in [2.45, 2.75) is 6.92 Å². The number of nitrogens with one attached hydrogen (secondary N) is 1. The first-order chi connectivity index (χ1) is 12.5. The van der Waals surface area contributed by atoms with Gasteiger partial charge in [0.2, 0.25) is 11.8 Å². The van der Waals surface area contributed by atoms with Gasteiger partial charge in [0.05, 0.1) is 25.5 Å². The zero-order chi connectivity index (χ0) is 19.1. The van der Waals surface area contributed by atoms with Crippen molar-refractivity contribution < 1.29 is 23.9 Å². The van der Waals surface area contributed by atoms with E-state index in [1.54, 1.807) is 36.4 Å². The van der Waals surface area contributed by atoms with E-state index in [9.17, 15) is 14.4 Å². The van der Waals surface area contributed by atoms with E-state index < -0.39 is 5.97 Å². The van der Waals surface area contributed by atoms with Crippen molar-refractivity contribution in [2.24, 2.45) is 0 Å². The molecule has 0 fully saturated rings. The lowest BCUT2D eigenvalue weighted by molar-refractivity contribution is -0.120. The lowest BCUT2D eigenvalue weighted by atomic mass is 10.2. The molecule has 0 bridgehead atoms. The maximum absolute atomic E-state index is 12.4. The van der Waals surface area contributed by atoms with E-state index in [2.05, 4.69) is 10.1 Å². The quantitative estimate of drug-likeness (QED) is 0.804. The molecule has 2 aromatic rings. The Kier molecular flexibility index (Phi) is 6.32. The van der Waals surface area contributed by atoms with Gasteiger partial charge in [0, 0.05) is 12.6 Å². The maximum atomic E-state index is 12.4. The molecule has 136 valence electrons. The minimum atomic E-state index is -0.472. The number of methoxy groups -OCH3 is 2. The third kappa shape index (κ3) is 4.60. The van der Waals surface area contributed by atoms with E-state index in [0.717, 1.165) is 0 Å². The van der Waals surface area contributed by atoms with Crippen LogP contribution in [0.25, 0.3) is 0 Å². The van der Waals surface area contributed by atoms with Gasteiger partial charge < -0.3 is 19.7 Å². The largest absolute Gasteiger partial charge is 0.495 e. The first-order valence-electron chi connectivity index (χ1n) is 7.85. The predicted molar refractivity (Wildman–Crippen MR) is 97.4 cm³/mol. The zero-order valence-electron chi connectivity index (χ0n) is 14.8. The highest BCUT2D eigenvalue weighted by Gasteiger charge is 2.17. The average Bonchev–Trinajstić information content (AvgIpc) is 2.66. The summed E-state index contributed by atoms with van der Waals surface area (Å²) in [5, 5.41) is 2.72. The van der Waals surface area contributed by atoms with Crippen molar-refractivity contribution in [3.63, 3.8) is 0 Å². The second-order valence-corrected chi connectivity index (χ2v) is 5.39. The summed E-state index contributed by atoms with van der Waals surface area (Å²) in [6, 6.07) is 13.2. The highest BCUT2D eigenvalue weighted by atomic mass is 16.5.